The predicted octanol–water partition coefficient (Wildman–Crippen LogP) is 17.5. The summed E-state index contributed by atoms with van der Waals surface area (Å²) in [5, 5.41) is 5.61. The molecule has 0 nitrogen and oxygen atoms in total. The third kappa shape index (κ3) is 11.6. The Labute approximate surface area is 374 Å². The Morgan fingerprint density at radius 3 is 1.16 bits per heavy atom. The standard InChI is InChI=1S/2C26H31.C2H6Si.2ClH.Zr/c2*1-5-26(14-7-15-26)18-19-16-21-8-6-9-23(24(21)17-19)20-10-12-22(13-11-20)25(2,3)4;1-3-2;;;/h2*6,8-13,16-17H,5,7,14-15,18H2,1-4H3;1-2H3;2*1H;/q2*-1;;;;+4/p-2. The zero-order valence-corrected chi connectivity index (χ0v) is 42.2. The molecule has 6 aromatic rings. The first kappa shape index (κ1) is 46.8. The van der Waals surface area contributed by atoms with Crippen LogP contribution in [0.5, 0.6) is 0 Å². The van der Waals surface area contributed by atoms with E-state index in [-0.39, 0.29) is 10.8 Å². The zero-order valence-electron chi connectivity index (χ0n) is 37.2. The van der Waals surface area contributed by atoms with Crippen molar-refractivity contribution in [1.29, 1.82) is 0 Å². The van der Waals surface area contributed by atoms with E-state index in [1.54, 1.807) is 0 Å². The van der Waals surface area contributed by atoms with E-state index in [4.69, 9.17) is 17.0 Å². The zero-order chi connectivity index (χ0) is 42.1. The van der Waals surface area contributed by atoms with Crippen LogP contribution in [0.15, 0.2) is 109 Å². The van der Waals surface area contributed by atoms with Gasteiger partial charge in [0.05, 0.1) is 0 Å². The maximum absolute atomic E-state index is 4.93. The molecule has 306 valence electrons. The number of hydrogen-bond acceptors (Lipinski definition) is 0. The molecule has 0 atom stereocenters. The van der Waals surface area contributed by atoms with Gasteiger partial charge in [0, 0.05) is 9.52 Å². The van der Waals surface area contributed by atoms with Gasteiger partial charge in [-0.05, 0) is 82.4 Å². The van der Waals surface area contributed by atoms with E-state index in [0.717, 1.165) is 9.52 Å². The summed E-state index contributed by atoms with van der Waals surface area (Å²) in [6.07, 6.45) is 13.6. The first-order valence-corrected chi connectivity index (χ1v) is 30.1. The van der Waals surface area contributed by atoms with Crippen LogP contribution in [-0.2, 0) is 44.5 Å². The van der Waals surface area contributed by atoms with Gasteiger partial charge in [-0.15, -0.1) is 69.1 Å². The summed E-state index contributed by atoms with van der Waals surface area (Å²) in [6.45, 7) is 22.7. The number of rotatable bonds is 8. The van der Waals surface area contributed by atoms with Crippen molar-refractivity contribution in [3.8, 4) is 22.3 Å². The molecular weight excluding hydrogens is 839 g/mol. The molecule has 0 aliphatic heterocycles. The molecule has 4 heteroatoms. The van der Waals surface area contributed by atoms with Gasteiger partial charge in [0.2, 0.25) is 0 Å². The van der Waals surface area contributed by atoms with E-state index in [2.05, 4.69) is 178 Å². The van der Waals surface area contributed by atoms with Crippen molar-refractivity contribution >= 4 is 48.1 Å². The molecule has 6 aromatic carbocycles. The van der Waals surface area contributed by atoms with Crippen LogP contribution >= 0.6 is 17.0 Å². The summed E-state index contributed by atoms with van der Waals surface area (Å²) in [7, 11) is 11.0. The Hall–Kier alpha value is -2.22. The number of benzene rings is 4. The van der Waals surface area contributed by atoms with Crippen molar-refractivity contribution in [1.82, 2.24) is 0 Å². The van der Waals surface area contributed by atoms with Gasteiger partial charge in [0.15, 0.2) is 0 Å². The fourth-order valence-electron chi connectivity index (χ4n) is 9.13. The molecule has 58 heavy (non-hydrogen) atoms. The second-order valence-corrected chi connectivity index (χ2v) is 24.1. The van der Waals surface area contributed by atoms with Crippen molar-refractivity contribution in [2.75, 3.05) is 0 Å². The second kappa shape index (κ2) is 20.6. The minimum atomic E-state index is -0.826. The van der Waals surface area contributed by atoms with Crippen molar-refractivity contribution in [2.24, 2.45) is 10.8 Å². The fraction of sp³-hybridized carbons (Fsp3) is 0.444. The minimum absolute atomic E-state index is 0.204. The maximum atomic E-state index is 4.93. The Morgan fingerprint density at radius 2 is 0.897 bits per heavy atom. The summed E-state index contributed by atoms with van der Waals surface area (Å²) < 4.78 is 0. The third-order valence-electron chi connectivity index (χ3n) is 13.2. The Kier molecular flexibility index (Phi) is 16.6. The van der Waals surface area contributed by atoms with Crippen LogP contribution in [0.2, 0.25) is 13.1 Å². The molecule has 0 aromatic heterocycles. The molecular formula is C54H68Cl2SiZr. The fourth-order valence-corrected chi connectivity index (χ4v) is 9.13. The summed E-state index contributed by atoms with van der Waals surface area (Å²) in [4.78, 5) is 0. The van der Waals surface area contributed by atoms with E-state index in [1.807, 2.05) is 0 Å². The Morgan fingerprint density at radius 1 is 0.569 bits per heavy atom. The van der Waals surface area contributed by atoms with Crippen molar-refractivity contribution in [3.63, 3.8) is 0 Å². The van der Waals surface area contributed by atoms with Gasteiger partial charge in [-0.1, -0.05) is 166 Å². The second-order valence-electron chi connectivity index (χ2n) is 19.3. The molecule has 0 spiro atoms. The number of fused-ring (bicyclic) bond motifs is 2. The van der Waals surface area contributed by atoms with Crippen molar-refractivity contribution < 1.29 is 20.8 Å². The van der Waals surface area contributed by atoms with Gasteiger partial charge in [-0.3, -0.25) is 0 Å². The van der Waals surface area contributed by atoms with Crippen LogP contribution < -0.4 is 0 Å². The van der Waals surface area contributed by atoms with Crippen LogP contribution in [0.3, 0.4) is 0 Å². The molecule has 0 amide bonds. The van der Waals surface area contributed by atoms with Gasteiger partial charge >= 0.3 is 37.9 Å². The quantitative estimate of drug-likeness (QED) is 0.105. The van der Waals surface area contributed by atoms with Crippen LogP contribution in [0.25, 0.3) is 43.8 Å². The van der Waals surface area contributed by atoms with Gasteiger partial charge in [0.1, 0.15) is 0 Å². The summed E-state index contributed by atoms with van der Waals surface area (Å²) in [5.41, 5.74) is 12.8. The molecule has 0 bridgehead atoms. The summed E-state index contributed by atoms with van der Waals surface area (Å²) >= 11 is -0.826. The van der Waals surface area contributed by atoms with E-state index < -0.39 is 20.8 Å². The van der Waals surface area contributed by atoms with Crippen LogP contribution in [0.1, 0.15) is 129 Å². The predicted molar refractivity (Wildman–Crippen MR) is 257 cm³/mol. The molecule has 8 rings (SSSR count). The average molecular weight is 907 g/mol. The molecule has 2 saturated carbocycles. The first-order valence-electron chi connectivity index (χ1n) is 21.8. The molecule has 0 unspecified atom stereocenters. The molecule has 2 aliphatic rings. The third-order valence-corrected chi connectivity index (χ3v) is 13.2. The summed E-state index contributed by atoms with van der Waals surface area (Å²) in [6, 6.07) is 41.6. The average Bonchev–Trinajstić information content (AvgIpc) is 3.78. The number of hydrogen-bond donors (Lipinski definition) is 0. The monoisotopic (exact) mass is 904 g/mol. The molecule has 0 saturated heterocycles. The SMILES string of the molecule is CCC1(Cc2cc3c(-c4ccc(C(C)(C)C)cc4)cccc3[cH-]2)CCC1.CCC1(Cc2cc3c(-c4ccc(C(C)(C)C)cc4)cccc3[cH-]2)CCC1.C[Si]C.[Cl][Zr+2][Cl]. The molecule has 0 heterocycles. The number of halogens is 2. The van der Waals surface area contributed by atoms with E-state index in [0.29, 0.717) is 10.8 Å². The Balaban J connectivity index is 0.000000195. The van der Waals surface area contributed by atoms with Crippen LogP contribution in [0, 0.1) is 10.8 Å². The van der Waals surface area contributed by atoms with Crippen LogP contribution in [0.4, 0.5) is 0 Å². The van der Waals surface area contributed by atoms with Crippen molar-refractivity contribution in [2.45, 2.75) is 144 Å². The van der Waals surface area contributed by atoms with Gasteiger partial charge in [0.25, 0.3) is 0 Å². The molecule has 2 fully saturated rings. The Bertz CT molecular complexity index is 2000. The normalized spacial score (nSPS) is 15.4. The molecule has 0 N–H and O–H groups in total. The van der Waals surface area contributed by atoms with Gasteiger partial charge < -0.3 is 0 Å². The van der Waals surface area contributed by atoms with Gasteiger partial charge in [-0.25, -0.2) is 0 Å². The summed E-state index contributed by atoms with van der Waals surface area (Å²) in [5.74, 6) is 0. The van der Waals surface area contributed by atoms with Crippen LogP contribution in [-0.4, -0.2) is 9.52 Å². The van der Waals surface area contributed by atoms with E-state index in [1.165, 1.54) is 130 Å². The van der Waals surface area contributed by atoms with E-state index in [9.17, 15) is 0 Å². The topological polar surface area (TPSA) is 0 Å². The van der Waals surface area contributed by atoms with Gasteiger partial charge in [-0.2, -0.15) is 12.1 Å². The first-order chi connectivity index (χ1) is 27.6. The van der Waals surface area contributed by atoms with Crippen molar-refractivity contribution in [3.05, 3.63) is 131 Å². The molecule has 2 radical (unpaired) electrons. The molecule has 2 aliphatic carbocycles. The van der Waals surface area contributed by atoms with E-state index >= 15 is 0 Å².